The molecule has 0 heterocycles. The van der Waals surface area contributed by atoms with Crippen molar-refractivity contribution in [2.24, 2.45) is 0 Å². The minimum absolute atomic E-state index is 0.262. The first-order valence-electron chi connectivity index (χ1n) is 6.57. The van der Waals surface area contributed by atoms with Crippen LogP contribution in [-0.2, 0) is 11.3 Å². The van der Waals surface area contributed by atoms with Crippen LogP contribution in [-0.4, -0.2) is 19.2 Å². The van der Waals surface area contributed by atoms with Crippen molar-refractivity contribution >= 4 is 22.0 Å². The molecule has 0 saturated heterocycles. The van der Waals surface area contributed by atoms with Crippen molar-refractivity contribution in [3.63, 3.8) is 0 Å². The number of nitrogens with one attached hydrogen (secondary N) is 1. The zero-order valence-electron chi connectivity index (χ0n) is 11.4. The van der Waals surface area contributed by atoms with Crippen LogP contribution in [0.4, 0.5) is 4.79 Å². The maximum atomic E-state index is 11.5. The van der Waals surface area contributed by atoms with Gasteiger partial charge in [-0.3, -0.25) is 0 Å². The molecule has 2 aromatic carbocycles. The molecule has 2 rings (SSSR count). The predicted molar refractivity (Wildman–Crippen MR) is 84.3 cm³/mol. The van der Waals surface area contributed by atoms with Gasteiger partial charge in [0, 0.05) is 0 Å². The highest BCUT2D eigenvalue weighted by Crippen LogP contribution is 2.23. The summed E-state index contributed by atoms with van der Waals surface area (Å²) in [6.45, 7) is 1.02. The zero-order chi connectivity index (χ0) is 14.9. The van der Waals surface area contributed by atoms with Crippen LogP contribution in [0.25, 0.3) is 0 Å². The Bertz CT molecular complexity index is 575. The quantitative estimate of drug-likeness (QED) is 0.807. The lowest BCUT2D eigenvalue weighted by molar-refractivity contribution is 0.137. The van der Waals surface area contributed by atoms with E-state index in [9.17, 15) is 4.79 Å². The van der Waals surface area contributed by atoms with Crippen LogP contribution in [0.1, 0.15) is 5.56 Å². The lowest BCUT2D eigenvalue weighted by Crippen LogP contribution is -2.28. The molecule has 0 fully saturated rings. The fraction of sp³-hybridized carbons (Fsp3) is 0.188. The number of ether oxygens (including phenoxy) is 2. The van der Waals surface area contributed by atoms with Gasteiger partial charge >= 0.3 is 6.09 Å². The first-order chi connectivity index (χ1) is 10.3. The molecular weight excluding hydrogens is 334 g/mol. The lowest BCUT2D eigenvalue weighted by Gasteiger charge is -2.09. The average Bonchev–Trinajstić information content (AvgIpc) is 2.52. The Labute approximate surface area is 132 Å². The van der Waals surface area contributed by atoms with Crippen LogP contribution in [0.5, 0.6) is 5.75 Å². The fourth-order valence-corrected chi connectivity index (χ4v) is 2.05. The van der Waals surface area contributed by atoms with E-state index in [0.29, 0.717) is 13.2 Å². The minimum atomic E-state index is -0.449. The molecule has 0 saturated carbocycles. The molecule has 0 aromatic heterocycles. The summed E-state index contributed by atoms with van der Waals surface area (Å²) in [5.41, 5.74) is 0.956. The number of hydrogen-bond donors (Lipinski definition) is 1. The number of rotatable bonds is 6. The van der Waals surface area contributed by atoms with Crippen LogP contribution >= 0.6 is 15.9 Å². The van der Waals surface area contributed by atoms with E-state index in [1.54, 1.807) is 0 Å². The Kier molecular flexibility index (Phi) is 6.09. The maximum absolute atomic E-state index is 11.5. The van der Waals surface area contributed by atoms with Crippen molar-refractivity contribution in [2.45, 2.75) is 6.61 Å². The van der Waals surface area contributed by atoms with Crippen LogP contribution in [0.3, 0.4) is 0 Å². The van der Waals surface area contributed by atoms with Gasteiger partial charge in [-0.05, 0) is 33.6 Å². The molecule has 0 spiro atoms. The van der Waals surface area contributed by atoms with E-state index in [-0.39, 0.29) is 6.61 Å². The highest BCUT2D eigenvalue weighted by atomic mass is 79.9. The summed E-state index contributed by atoms with van der Waals surface area (Å²) in [6, 6.07) is 17.1. The third-order valence-electron chi connectivity index (χ3n) is 2.68. The number of para-hydroxylation sites is 1. The molecule has 0 bridgehead atoms. The van der Waals surface area contributed by atoms with Gasteiger partial charge in [0.15, 0.2) is 0 Å². The molecular formula is C16H16BrNO3. The summed E-state index contributed by atoms with van der Waals surface area (Å²) < 4.78 is 11.5. The molecule has 0 atom stereocenters. The van der Waals surface area contributed by atoms with Crippen LogP contribution in [0.15, 0.2) is 59.1 Å². The summed E-state index contributed by atoms with van der Waals surface area (Å²) in [4.78, 5) is 11.5. The fourth-order valence-electron chi connectivity index (χ4n) is 1.65. The standard InChI is InChI=1S/C16H16BrNO3/c17-14-8-4-5-9-15(14)20-11-10-18-16(19)21-12-13-6-2-1-3-7-13/h1-9H,10-12H2,(H,18,19). The number of amides is 1. The summed E-state index contributed by atoms with van der Waals surface area (Å²) in [5, 5.41) is 2.64. The molecule has 2 aromatic rings. The van der Waals surface area contributed by atoms with E-state index in [1.165, 1.54) is 0 Å². The van der Waals surface area contributed by atoms with Gasteiger partial charge in [-0.15, -0.1) is 0 Å². The summed E-state index contributed by atoms with van der Waals surface area (Å²) in [7, 11) is 0. The van der Waals surface area contributed by atoms with Crippen molar-refractivity contribution in [2.75, 3.05) is 13.2 Å². The number of halogens is 1. The molecule has 0 unspecified atom stereocenters. The monoisotopic (exact) mass is 349 g/mol. The molecule has 5 heteroatoms. The average molecular weight is 350 g/mol. The SMILES string of the molecule is O=C(NCCOc1ccccc1Br)OCc1ccccc1. The molecule has 0 radical (unpaired) electrons. The first-order valence-corrected chi connectivity index (χ1v) is 7.37. The van der Waals surface area contributed by atoms with Crippen LogP contribution < -0.4 is 10.1 Å². The minimum Gasteiger partial charge on any atom is -0.491 e. The number of benzene rings is 2. The predicted octanol–water partition coefficient (Wildman–Crippen LogP) is 3.75. The Morgan fingerprint density at radius 2 is 1.76 bits per heavy atom. The van der Waals surface area contributed by atoms with Gasteiger partial charge in [-0.2, -0.15) is 0 Å². The Morgan fingerprint density at radius 1 is 1.05 bits per heavy atom. The number of alkyl carbamates (subject to hydrolysis) is 1. The summed E-state index contributed by atoms with van der Waals surface area (Å²) in [5.74, 6) is 0.747. The lowest BCUT2D eigenvalue weighted by atomic mass is 10.2. The Morgan fingerprint density at radius 3 is 2.52 bits per heavy atom. The van der Waals surface area contributed by atoms with Crippen molar-refractivity contribution in [1.29, 1.82) is 0 Å². The van der Waals surface area contributed by atoms with Gasteiger partial charge in [-0.25, -0.2) is 4.79 Å². The zero-order valence-corrected chi connectivity index (χ0v) is 13.0. The molecule has 110 valence electrons. The van der Waals surface area contributed by atoms with E-state index in [0.717, 1.165) is 15.8 Å². The molecule has 0 aliphatic rings. The normalized spacial score (nSPS) is 9.95. The molecule has 21 heavy (non-hydrogen) atoms. The first kappa shape index (κ1) is 15.4. The second-order valence-corrected chi connectivity index (χ2v) is 5.12. The topological polar surface area (TPSA) is 47.6 Å². The Hall–Kier alpha value is -2.01. The third kappa shape index (κ3) is 5.47. The molecule has 4 nitrogen and oxygen atoms in total. The van der Waals surface area contributed by atoms with Gasteiger partial charge in [-0.1, -0.05) is 42.5 Å². The second kappa shape index (κ2) is 8.32. The van der Waals surface area contributed by atoms with E-state index in [4.69, 9.17) is 9.47 Å². The van der Waals surface area contributed by atoms with Crippen molar-refractivity contribution in [3.8, 4) is 5.75 Å². The highest BCUT2D eigenvalue weighted by molar-refractivity contribution is 9.10. The number of carbonyl (C=O) groups excluding carboxylic acids is 1. The van der Waals surface area contributed by atoms with E-state index in [1.807, 2.05) is 54.6 Å². The van der Waals surface area contributed by atoms with Gasteiger partial charge in [0.05, 0.1) is 11.0 Å². The van der Waals surface area contributed by atoms with Gasteiger partial charge in [0.25, 0.3) is 0 Å². The largest absolute Gasteiger partial charge is 0.491 e. The van der Waals surface area contributed by atoms with Crippen molar-refractivity contribution in [1.82, 2.24) is 5.32 Å². The number of carbonyl (C=O) groups is 1. The molecule has 0 aliphatic carbocycles. The number of hydrogen-bond acceptors (Lipinski definition) is 3. The van der Waals surface area contributed by atoms with Crippen LogP contribution in [0.2, 0.25) is 0 Å². The van der Waals surface area contributed by atoms with Crippen molar-refractivity contribution in [3.05, 3.63) is 64.6 Å². The van der Waals surface area contributed by atoms with E-state index < -0.39 is 6.09 Å². The van der Waals surface area contributed by atoms with Gasteiger partial charge < -0.3 is 14.8 Å². The Balaban J connectivity index is 1.62. The highest BCUT2D eigenvalue weighted by Gasteiger charge is 2.03. The van der Waals surface area contributed by atoms with Crippen LogP contribution in [0, 0.1) is 0 Å². The van der Waals surface area contributed by atoms with Gasteiger partial charge in [0.2, 0.25) is 0 Å². The van der Waals surface area contributed by atoms with E-state index >= 15 is 0 Å². The van der Waals surface area contributed by atoms with E-state index in [2.05, 4.69) is 21.2 Å². The third-order valence-corrected chi connectivity index (χ3v) is 3.33. The molecule has 1 N–H and O–H groups in total. The summed E-state index contributed by atoms with van der Waals surface area (Å²) in [6.07, 6.45) is -0.449. The molecule has 0 aliphatic heterocycles. The van der Waals surface area contributed by atoms with Gasteiger partial charge in [0.1, 0.15) is 19.0 Å². The maximum Gasteiger partial charge on any atom is 0.407 e. The second-order valence-electron chi connectivity index (χ2n) is 4.27. The van der Waals surface area contributed by atoms with Crippen molar-refractivity contribution < 1.29 is 14.3 Å². The smallest absolute Gasteiger partial charge is 0.407 e. The molecule has 1 amide bonds. The summed E-state index contributed by atoms with van der Waals surface area (Å²) >= 11 is 3.39.